The van der Waals surface area contributed by atoms with Gasteiger partial charge in [-0.25, -0.2) is 4.79 Å². The first-order valence-corrected chi connectivity index (χ1v) is 4.80. The number of carboxylic acids is 1. The predicted molar refractivity (Wildman–Crippen MR) is 48.7 cm³/mol. The van der Waals surface area contributed by atoms with Crippen molar-refractivity contribution in [2.75, 3.05) is 13.2 Å². The summed E-state index contributed by atoms with van der Waals surface area (Å²) in [5.41, 5.74) is 0. The molecule has 80 valence electrons. The summed E-state index contributed by atoms with van der Waals surface area (Å²) in [5.74, 6) is -1.09. The fourth-order valence-corrected chi connectivity index (χ4v) is 1.70. The van der Waals surface area contributed by atoms with E-state index >= 15 is 0 Å². The van der Waals surface area contributed by atoms with Crippen LogP contribution < -0.4 is 0 Å². The van der Waals surface area contributed by atoms with E-state index in [9.17, 15) is 9.59 Å². The number of nitrogens with zero attached hydrogens (tertiary/aromatic N) is 1. The first-order valence-electron chi connectivity index (χ1n) is 4.80. The zero-order valence-electron chi connectivity index (χ0n) is 7.98. The van der Waals surface area contributed by atoms with Gasteiger partial charge in [-0.1, -0.05) is 0 Å². The molecule has 1 atom stereocenters. The van der Waals surface area contributed by atoms with Crippen LogP contribution in [-0.2, 0) is 9.59 Å². The Kier molecular flexibility index (Phi) is 3.88. The smallest absolute Gasteiger partial charge is 0.326 e. The Labute approximate surface area is 82.3 Å². The molecule has 0 aromatic rings. The van der Waals surface area contributed by atoms with E-state index in [1.807, 2.05) is 0 Å². The van der Waals surface area contributed by atoms with Crippen molar-refractivity contribution in [2.24, 2.45) is 0 Å². The topological polar surface area (TPSA) is 77.8 Å². The minimum absolute atomic E-state index is 0.0304. The molecule has 0 aromatic heterocycles. The number of aliphatic hydroxyl groups excluding tert-OH is 1. The van der Waals surface area contributed by atoms with Crippen LogP contribution in [0.15, 0.2) is 0 Å². The number of carboxylic acid groups (broad SMARTS) is 1. The predicted octanol–water partition coefficient (Wildman–Crippen LogP) is -0.165. The first kappa shape index (κ1) is 11.0. The van der Waals surface area contributed by atoms with E-state index in [1.54, 1.807) is 0 Å². The Bertz CT molecular complexity index is 229. The lowest BCUT2D eigenvalue weighted by atomic mass is 10.2. The van der Waals surface area contributed by atoms with Gasteiger partial charge in [0.2, 0.25) is 5.91 Å². The van der Waals surface area contributed by atoms with Crippen molar-refractivity contribution < 1.29 is 19.8 Å². The molecule has 14 heavy (non-hydrogen) atoms. The Morgan fingerprint density at radius 2 is 2.14 bits per heavy atom. The van der Waals surface area contributed by atoms with Crippen molar-refractivity contribution in [1.82, 2.24) is 4.90 Å². The van der Waals surface area contributed by atoms with E-state index in [-0.39, 0.29) is 18.9 Å². The monoisotopic (exact) mass is 201 g/mol. The van der Waals surface area contributed by atoms with Crippen molar-refractivity contribution in [1.29, 1.82) is 0 Å². The minimum atomic E-state index is -0.931. The van der Waals surface area contributed by atoms with Crippen molar-refractivity contribution in [2.45, 2.75) is 31.7 Å². The molecule has 0 radical (unpaired) electrons. The zero-order valence-corrected chi connectivity index (χ0v) is 7.98. The van der Waals surface area contributed by atoms with E-state index in [0.717, 1.165) is 6.42 Å². The van der Waals surface area contributed by atoms with Crippen LogP contribution in [0.1, 0.15) is 25.7 Å². The van der Waals surface area contributed by atoms with Crippen LogP contribution in [0.2, 0.25) is 0 Å². The lowest BCUT2D eigenvalue weighted by Gasteiger charge is -2.21. The molecule has 0 spiro atoms. The summed E-state index contributed by atoms with van der Waals surface area (Å²) in [4.78, 5) is 23.6. The summed E-state index contributed by atoms with van der Waals surface area (Å²) in [5, 5.41) is 17.4. The highest BCUT2D eigenvalue weighted by Gasteiger charge is 2.33. The third kappa shape index (κ3) is 2.45. The van der Waals surface area contributed by atoms with Gasteiger partial charge in [-0.05, 0) is 19.3 Å². The molecule has 5 heteroatoms. The number of carbonyl (C=O) groups is 2. The van der Waals surface area contributed by atoms with Gasteiger partial charge >= 0.3 is 5.97 Å². The molecule has 1 rings (SSSR count). The molecule has 1 fully saturated rings. The van der Waals surface area contributed by atoms with Crippen LogP contribution in [0, 0.1) is 0 Å². The number of rotatable bonds is 4. The number of aliphatic carboxylic acids is 1. The van der Waals surface area contributed by atoms with Gasteiger partial charge in [-0.3, -0.25) is 4.79 Å². The normalized spacial score (nSPS) is 21.2. The van der Waals surface area contributed by atoms with Crippen molar-refractivity contribution >= 4 is 11.9 Å². The standard InChI is InChI=1S/C9H15NO4/c11-6-2-4-8(12)10-5-1-3-7(10)9(13)14/h7,11H,1-6H2,(H,13,14). The Morgan fingerprint density at radius 1 is 1.43 bits per heavy atom. The summed E-state index contributed by atoms with van der Waals surface area (Å²) >= 11 is 0. The highest BCUT2D eigenvalue weighted by molar-refractivity contribution is 5.84. The molecular formula is C9H15NO4. The molecule has 5 nitrogen and oxygen atoms in total. The quantitative estimate of drug-likeness (QED) is 0.662. The van der Waals surface area contributed by atoms with Crippen LogP contribution in [0.3, 0.4) is 0 Å². The summed E-state index contributed by atoms with van der Waals surface area (Å²) in [6, 6.07) is -0.652. The molecule has 1 unspecified atom stereocenters. The van der Waals surface area contributed by atoms with E-state index in [2.05, 4.69) is 0 Å². The number of carbonyl (C=O) groups excluding carboxylic acids is 1. The summed E-state index contributed by atoms with van der Waals surface area (Å²) < 4.78 is 0. The zero-order chi connectivity index (χ0) is 10.6. The van der Waals surface area contributed by atoms with E-state index in [0.29, 0.717) is 19.4 Å². The van der Waals surface area contributed by atoms with Crippen LogP contribution in [-0.4, -0.2) is 46.2 Å². The lowest BCUT2D eigenvalue weighted by molar-refractivity contribution is -0.148. The third-order valence-electron chi connectivity index (χ3n) is 2.41. The van der Waals surface area contributed by atoms with Gasteiger partial charge in [0.05, 0.1) is 0 Å². The highest BCUT2D eigenvalue weighted by Crippen LogP contribution is 2.18. The number of amides is 1. The van der Waals surface area contributed by atoms with E-state index in [1.165, 1.54) is 4.90 Å². The van der Waals surface area contributed by atoms with Gasteiger partial charge in [-0.15, -0.1) is 0 Å². The molecule has 0 aliphatic carbocycles. The second kappa shape index (κ2) is 4.95. The summed E-state index contributed by atoms with van der Waals surface area (Å²) in [6.07, 6.45) is 1.93. The SMILES string of the molecule is O=C(O)C1CCCN1C(=O)CCCO. The summed E-state index contributed by atoms with van der Waals surface area (Å²) in [7, 11) is 0. The van der Waals surface area contributed by atoms with Gasteiger partial charge in [0.15, 0.2) is 0 Å². The highest BCUT2D eigenvalue weighted by atomic mass is 16.4. The fraction of sp³-hybridized carbons (Fsp3) is 0.778. The molecule has 0 aromatic carbocycles. The third-order valence-corrected chi connectivity index (χ3v) is 2.41. The Hall–Kier alpha value is -1.10. The van der Waals surface area contributed by atoms with Crippen LogP contribution in [0.4, 0.5) is 0 Å². The maximum absolute atomic E-state index is 11.5. The van der Waals surface area contributed by atoms with Crippen LogP contribution in [0.25, 0.3) is 0 Å². The fourth-order valence-electron chi connectivity index (χ4n) is 1.70. The molecule has 1 aliphatic heterocycles. The van der Waals surface area contributed by atoms with E-state index < -0.39 is 12.0 Å². The number of hydrogen-bond acceptors (Lipinski definition) is 3. The maximum Gasteiger partial charge on any atom is 0.326 e. The van der Waals surface area contributed by atoms with Crippen molar-refractivity contribution in [3.8, 4) is 0 Å². The van der Waals surface area contributed by atoms with Gasteiger partial charge in [0, 0.05) is 19.6 Å². The minimum Gasteiger partial charge on any atom is -0.480 e. The van der Waals surface area contributed by atoms with Gasteiger partial charge in [0.1, 0.15) is 6.04 Å². The van der Waals surface area contributed by atoms with Gasteiger partial charge in [-0.2, -0.15) is 0 Å². The second-order valence-electron chi connectivity index (χ2n) is 3.41. The van der Waals surface area contributed by atoms with Crippen molar-refractivity contribution in [3.05, 3.63) is 0 Å². The molecule has 1 amide bonds. The van der Waals surface area contributed by atoms with Crippen LogP contribution >= 0.6 is 0 Å². The van der Waals surface area contributed by atoms with Crippen LogP contribution in [0.5, 0.6) is 0 Å². The molecule has 0 saturated carbocycles. The van der Waals surface area contributed by atoms with E-state index in [4.69, 9.17) is 10.2 Å². The second-order valence-corrected chi connectivity index (χ2v) is 3.41. The molecule has 1 heterocycles. The number of likely N-dealkylation sites (tertiary alicyclic amines) is 1. The van der Waals surface area contributed by atoms with Gasteiger partial charge < -0.3 is 15.1 Å². The average Bonchev–Trinajstić information content (AvgIpc) is 2.62. The molecule has 1 saturated heterocycles. The summed E-state index contributed by atoms with van der Waals surface area (Å²) in [6.45, 7) is 0.499. The largest absolute Gasteiger partial charge is 0.480 e. The number of hydrogen-bond donors (Lipinski definition) is 2. The van der Waals surface area contributed by atoms with Crippen molar-refractivity contribution in [3.63, 3.8) is 0 Å². The molecule has 1 aliphatic rings. The van der Waals surface area contributed by atoms with Gasteiger partial charge in [0.25, 0.3) is 0 Å². The maximum atomic E-state index is 11.5. The number of aliphatic hydroxyl groups is 1. The first-order chi connectivity index (χ1) is 6.66. The average molecular weight is 201 g/mol. The molecular weight excluding hydrogens is 186 g/mol. The lowest BCUT2D eigenvalue weighted by Crippen LogP contribution is -2.40. The molecule has 2 N–H and O–H groups in total. The Balaban J connectivity index is 2.49. The Morgan fingerprint density at radius 3 is 2.71 bits per heavy atom. The molecule has 0 bridgehead atoms.